The number of halogens is 4. The summed E-state index contributed by atoms with van der Waals surface area (Å²) in [7, 11) is 0. The van der Waals surface area contributed by atoms with Crippen LogP contribution in [0.1, 0.15) is 17.2 Å². The highest BCUT2D eigenvalue weighted by Gasteiger charge is 2.33. The molecule has 0 radical (unpaired) electrons. The monoisotopic (exact) mass is 314 g/mol. The minimum Gasteiger partial charge on any atom is -0.479 e. The van der Waals surface area contributed by atoms with Crippen molar-refractivity contribution in [2.75, 3.05) is 0 Å². The molecule has 3 nitrogen and oxygen atoms in total. The maximum atomic E-state index is 13.6. The fourth-order valence-electron chi connectivity index (χ4n) is 2.05. The van der Waals surface area contributed by atoms with E-state index in [1.54, 1.807) is 0 Å². The third-order valence-electron chi connectivity index (χ3n) is 3.01. The summed E-state index contributed by atoms with van der Waals surface area (Å²) in [5.41, 5.74) is -1.77. The summed E-state index contributed by atoms with van der Waals surface area (Å²) in [5.74, 6) is -2.56. The molecular weight excluding hydrogens is 304 g/mol. The molecule has 1 unspecified atom stereocenters. The van der Waals surface area contributed by atoms with Crippen LogP contribution in [0.4, 0.5) is 17.6 Å². The zero-order valence-corrected chi connectivity index (χ0v) is 10.9. The first-order chi connectivity index (χ1) is 10.2. The number of alkyl halides is 3. The first-order valence-electron chi connectivity index (χ1n) is 6.08. The third kappa shape index (κ3) is 3.25. The predicted octanol–water partition coefficient (Wildman–Crippen LogP) is 3.63. The highest BCUT2D eigenvalue weighted by atomic mass is 19.4. The van der Waals surface area contributed by atoms with Crippen molar-refractivity contribution >= 4 is 5.97 Å². The molecule has 0 saturated carbocycles. The largest absolute Gasteiger partial charge is 0.479 e. The summed E-state index contributed by atoms with van der Waals surface area (Å²) >= 11 is 0. The van der Waals surface area contributed by atoms with Crippen LogP contribution in [0.3, 0.4) is 0 Å². The molecule has 0 aliphatic rings. The second-order valence-corrected chi connectivity index (χ2v) is 4.56. The molecule has 0 saturated heterocycles. The number of carboxylic acid groups (broad SMARTS) is 1. The highest BCUT2D eigenvalue weighted by Crippen LogP contribution is 2.37. The van der Waals surface area contributed by atoms with E-state index in [1.165, 1.54) is 12.1 Å². The van der Waals surface area contributed by atoms with E-state index in [1.807, 2.05) is 0 Å². The van der Waals surface area contributed by atoms with Crippen LogP contribution in [0.2, 0.25) is 0 Å². The van der Waals surface area contributed by atoms with Gasteiger partial charge in [0.15, 0.2) is 6.10 Å². The molecule has 0 bridgehead atoms. The quantitative estimate of drug-likeness (QED) is 0.851. The van der Waals surface area contributed by atoms with E-state index >= 15 is 0 Å². The summed E-state index contributed by atoms with van der Waals surface area (Å²) in [4.78, 5) is 10.7. The molecule has 0 fully saturated rings. The van der Waals surface area contributed by atoms with Gasteiger partial charge in [0.1, 0.15) is 5.82 Å². The van der Waals surface area contributed by atoms with Crippen LogP contribution in [-0.4, -0.2) is 16.2 Å². The van der Waals surface area contributed by atoms with Gasteiger partial charge >= 0.3 is 12.1 Å². The van der Waals surface area contributed by atoms with Gasteiger partial charge in [-0.25, -0.2) is 9.18 Å². The minimum absolute atomic E-state index is 0.164. The second-order valence-electron chi connectivity index (χ2n) is 4.56. The van der Waals surface area contributed by atoms with Gasteiger partial charge in [0.2, 0.25) is 0 Å². The number of carbonyl (C=O) groups is 1. The van der Waals surface area contributed by atoms with Gasteiger partial charge in [-0.3, -0.25) is 0 Å². The third-order valence-corrected chi connectivity index (χ3v) is 3.01. The first kappa shape index (κ1) is 16.0. The standard InChI is InChI=1S/C15H10F4O3/c16-10-6-8(5-9(7-10)13(20)14(21)22)11-3-1-2-4-12(11)15(17,18)19/h1-7,13,20H,(H,21,22). The van der Waals surface area contributed by atoms with Gasteiger partial charge in [-0.05, 0) is 41.0 Å². The van der Waals surface area contributed by atoms with Crippen LogP contribution in [0.15, 0.2) is 42.5 Å². The van der Waals surface area contributed by atoms with Gasteiger partial charge < -0.3 is 10.2 Å². The summed E-state index contributed by atoms with van der Waals surface area (Å²) in [6.07, 6.45) is -6.67. The van der Waals surface area contributed by atoms with Crippen molar-refractivity contribution in [3.05, 3.63) is 59.4 Å². The molecule has 0 amide bonds. The average molecular weight is 314 g/mol. The lowest BCUT2D eigenvalue weighted by Gasteiger charge is -2.14. The number of aliphatic hydroxyl groups excluding tert-OH is 1. The van der Waals surface area contributed by atoms with E-state index in [2.05, 4.69) is 0 Å². The zero-order chi connectivity index (χ0) is 16.5. The molecule has 0 aliphatic heterocycles. The van der Waals surface area contributed by atoms with Crippen LogP contribution in [0, 0.1) is 5.82 Å². The van der Waals surface area contributed by atoms with Crippen LogP contribution in [-0.2, 0) is 11.0 Å². The molecule has 2 aromatic carbocycles. The Bertz CT molecular complexity index is 710. The second kappa shape index (κ2) is 5.76. The minimum atomic E-state index is -4.64. The molecule has 0 spiro atoms. The fourth-order valence-corrected chi connectivity index (χ4v) is 2.05. The number of hydrogen-bond donors (Lipinski definition) is 2. The number of hydrogen-bond acceptors (Lipinski definition) is 2. The van der Waals surface area contributed by atoms with Crippen LogP contribution in [0.25, 0.3) is 11.1 Å². The molecule has 0 aromatic heterocycles. The summed E-state index contributed by atoms with van der Waals surface area (Å²) < 4.78 is 52.5. The molecule has 2 rings (SSSR count). The molecule has 22 heavy (non-hydrogen) atoms. The number of aliphatic hydroxyl groups is 1. The van der Waals surface area contributed by atoms with Gasteiger partial charge in [-0.2, -0.15) is 13.2 Å². The number of rotatable bonds is 3. The van der Waals surface area contributed by atoms with E-state index in [4.69, 9.17) is 5.11 Å². The SMILES string of the molecule is O=C(O)C(O)c1cc(F)cc(-c2ccccc2C(F)(F)F)c1. The van der Waals surface area contributed by atoms with E-state index in [0.29, 0.717) is 0 Å². The number of benzene rings is 2. The average Bonchev–Trinajstić information content (AvgIpc) is 2.44. The lowest BCUT2D eigenvalue weighted by atomic mass is 9.96. The van der Waals surface area contributed by atoms with Crippen molar-refractivity contribution in [2.24, 2.45) is 0 Å². The Hall–Kier alpha value is -2.41. The normalized spacial score (nSPS) is 13.0. The fraction of sp³-hybridized carbons (Fsp3) is 0.133. The molecular formula is C15H10F4O3. The van der Waals surface area contributed by atoms with Crippen molar-refractivity contribution in [3.63, 3.8) is 0 Å². The Balaban J connectivity index is 2.62. The molecule has 2 N–H and O–H groups in total. The van der Waals surface area contributed by atoms with Crippen LogP contribution < -0.4 is 0 Å². The van der Waals surface area contributed by atoms with Gasteiger partial charge in [-0.1, -0.05) is 18.2 Å². The topological polar surface area (TPSA) is 57.5 Å². The molecule has 2 aromatic rings. The number of aliphatic carboxylic acids is 1. The van der Waals surface area contributed by atoms with Gasteiger partial charge in [0, 0.05) is 0 Å². The van der Waals surface area contributed by atoms with Crippen molar-refractivity contribution in [3.8, 4) is 11.1 Å². The van der Waals surface area contributed by atoms with Crippen LogP contribution in [0.5, 0.6) is 0 Å². The Morgan fingerprint density at radius 3 is 2.32 bits per heavy atom. The van der Waals surface area contributed by atoms with Gasteiger partial charge in [0.05, 0.1) is 5.56 Å². The highest BCUT2D eigenvalue weighted by molar-refractivity contribution is 5.76. The maximum absolute atomic E-state index is 13.6. The van der Waals surface area contributed by atoms with E-state index < -0.39 is 29.6 Å². The summed E-state index contributed by atoms with van der Waals surface area (Å²) in [6.45, 7) is 0. The Kier molecular flexibility index (Phi) is 4.18. The zero-order valence-electron chi connectivity index (χ0n) is 10.9. The van der Waals surface area contributed by atoms with Crippen LogP contribution >= 0.6 is 0 Å². The summed E-state index contributed by atoms with van der Waals surface area (Å²) in [6, 6.07) is 7.16. The molecule has 1 atom stereocenters. The maximum Gasteiger partial charge on any atom is 0.417 e. The van der Waals surface area contributed by atoms with Crippen molar-refractivity contribution in [1.82, 2.24) is 0 Å². The Morgan fingerprint density at radius 2 is 1.73 bits per heavy atom. The van der Waals surface area contributed by atoms with E-state index in [-0.39, 0.29) is 16.7 Å². The first-order valence-corrected chi connectivity index (χ1v) is 6.08. The number of carboxylic acids is 1. The van der Waals surface area contributed by atoms with Crippen molar-refractivity contribution in [1.29, 1.82) is 0 Å². The molecule has 116 valence electrons. The molecule has 0 heterocycles. The van der Waals surface area contributed by atoms with Gasteiger partial charge in [0.25, 0.3) is 0 Å². The lowest BCUT2D eigenvalue weighted by molar-refractivity contribution is -0.147. The lowest BCUT2D eigenvalue weighted by Crippen LogP contribution is -2.11. The van der Waals surface area contributed by atoms with Crippen molar-refractivity contribution in [2.45, 2.75) is 12.3 Å². The Morgan fingerprint density at radius 1 is 1.09 bits per heavy atom. The molecule has 7 heteroatoms. The smallest absolute Gasteiger partial charge is 0.417 e. The predicted molar refractivity (Wildman–Crippen MR) is 69.4 cm³/mol. The molecule has 0 aliphatic carbocycles. The van der Waals surface area contributed by atoms with Crippen molar-refractivity contribution < 1.29 is 32.6 Å². The summed E-state index contributed by atoms with van der Waals surface area (Å²) in [5, 5.41) is 18.2. The Labute approximate surface area is 122 Å². The van der Waals surface area contributed by atoms with E-state index in [9.17, 15) is 27.5 Å². The van der Waals surface area contributed by atoms with E-state index in [0.717, 1.165) is 30.3 Å². The van der Waals surface area contributed by atoms with Gasteiger partial charge in [-0.15, -0.1) is 0 Å².